The molecule has 0 amide bonds. The average Bonchev–Trinajstić information content (AvgIpc) is 2.57. The van der Waals surface area contributed by atoms with Crippen molar-refractivity contribution in [2.75, 3.05) is 13.1 Å². The lowest BCUT2D eigenvalue weighted by Gasteiger charge is -2.28. The number of rotatable bonds is 3. The van der Waals surface area contributed by atoms with E-state index in [4.69, 9.17) is 0 Å². The Labute approximate surface area is 124 Å². The number of piperazine rings is 1. The van der Waals surface area contributed by atoms with E-state index in [0.717, 1.165) is 24.4 Å². The number of ketones is 1. The van der Waals surface area contributed by atoms with Gasteiger partial charge in [0.1, 0.15) is 0 Å². The molecule has 0 aliphatic carbocycles. The molecule has 1 unspecified atom stereocenters. The molecule has 3 rings (SSSR count). The smallest absolute Gasteiger partial charge is 0.187 e. The Balaban J connectivity index is 1.88. The maximum atomic E-state index is 12.3. The predicted octanol–water partition coefficient (Wildman–Crippen LogP) is 2.69. The van der Waals surface area contributed by atoms with Crippen LogP contribution in [0, 0.1) is 0 Å². The van der Waals surface area contributed by atoms with E-state index in [9.17, 15) is 4.79 Å². The summed E-state index contributed by atoms with van der Waals surface area (Å²) in [6, 6.07) is 19.6. The van der Waals surface area contributed by atoms with Gasteiger partial charge in [0.15, 0.2) is 5.78 Å². The molecule has 1 aliphatic rings. The molecular formula is C18H18N2O. The SMILES string of the molecule is O=C(/C=C1\NCCNC1c1ccccc1)c1ccccc1. The zero-order chi connectivity index (χ0) is 14.5. The molecule has 106 valence electrons. The van der Waals surface area contributed by atoms with Crippen LogP contribution in [0.2, 0.25) is 0 Å². The first kappa shape index (κ1) is 13.6. The lowest BCUT2D eigenvalue weighted by molar-refractivity contribution is 0.104. The summed E-state index contributed by atoms with van der Waals surface area (Å²) in [7, 11) is 0. The molecule has 0 spiro atoms. The fourth-order valence-corrected chi connectivity index (χ4v) is 2.54. The van der Waals surface area contributed by atoms with Gasteiger partial charge in [-0.1, -0.05) is 60.7 Å². The molecule has 1 fully saturated rings. The largest absolute Gasteiger partial charge is 0.385 e. The van der Waals surface area contributed by atoms with Gasteiger partial charge < -0.3 is 10.6 Å². The number of carbonyl (C=O) groups excluding carboxylic acids is 1. The van der Waals surface area contributed by atoms with E-state index in [-0.39, 0.29) is 11.8 Å². The molecule has 3 nitrogen and oxygen atoms in total. The quantitative estimate of drug-likeness (QED) is 0.670. The molecule has 1 heterocycles. The molecule has 21 heavy (non-hydrogen) atoms. The van der Waals surface area contributed by atoms with Gasteiger partial charge in [-0.15, -0.1) is 0 Å². The van der Waals surface area contributed by atoms with Crippen LogP contribution in [0.1, 0.15) is 22.0 Å². The van der Waals surface area contributed by atoms with Gasteiger partial charge in [-0.3, -0.25) is 4.79 Å². The first-order valence-corrected chi connectivity index (χ1v) is 7.18. The van der Waals surface area contributed by atoms with E-state index in [1.54, 1.807) is 6.08 Å². The Morgan fingerprint density at radius 3 is 2.33 bits per heavy atom. The summed E-state index contributed by atoms with van der Waals surface area (Å²) in [5.74, 6) is 0.0303. The van der Waals surface area contributed by atoms with Crippen molar-refractivity contribution in [2.45, 2.75) is 6.04 Å². The molecule has 3 heteroatoms. The minimum atomic E-state index is 0.0303. The lowest BCUT2D eigenvalue weighted by Crippen LogP contribution is -2.41. The molecule has 2 N–H and O–H groups in total. The highest BCUT2D eigenvalue weighted by Gasteiger charge is 2.20. The number of hydrogen-bond acceptors (Lipinski definition) is 3. The van der Waals surface area contributed by atoms with Crippen LogP contribution in [0.25, 0.3) is 0 Å². The normalized spacial score (nSPS) is 20.0. The average molecular weight is 278 g/mol. The summed E-state index contributed by atoms with van der Waals surface area (Å²) in [4.78, 5) is 12.3. The maximum absolute atomic E-state index is 12.3. The fourth-order valence-electron chi connectivity index (χ4n) is 2.54. The minimum absolute atomic E-state index is 0.0303. The minimum Gasteiger partial charge on any atom is -0.385 e. The van der Waals surface area contributed by atoms with Gasteiger partial charge >= 0.3 is 0 Å². The second-order valence-corrected chi connectivity index (χ2v) is 5.05. The van der Waals surface area contributed by atoms with Crippen molar-refractivity contribution >= 4 is 5.78 Å². The van der Waals surface area contributed by atoms with Gasteiger partial charge in [0.05, 0.1) is 6.04 Å². The van der Waals surface area contributed by atoms with Crippen LogP contribution in [0.3, 0.4) is 0 Å². The molecule has 0 aromatic heterocycles. The summed E-state index contributed by atoms with van der Waals surface area (Å²) >= 11 is 0. The topological polar surface area (TPSA) is 41.1 Å². The summed E-state index contributed by atoms with van der Waals surface area (Å²) < 4.78 is 0. The number of carbonyl (C=O) groups is 1. The van der Waals surface area contributed by atoms with Crippen molar-refractivity contribution in [3.05, 3.63) is 83.6 Å². The molecule has 2 aromatic carbocycles. The van der Waals surface area contributed by atoms with Crippen LogP contribution in [0.15, 0.2) is 72.4 Å². The molecular weight excluding hydrogens is 260 g/mol. The summed E-state index contributed by atoms with van der Waals surface area (Å²) in [6.45, 7) is 1.72. The highest BCUT2D eigenvalue weighted by atomic mass is 16.1. The summed E-state index contributed by atoms with van der Waals surface area (Å²) in [5.41, 5.74) is 2.81. The highest BCUT2D eigenvalue weighted by molar-refractivity contribution is 6.04. The van der Waals surface area contributed by atoms with Gasteiger partial charge in [0.25, 0.3) is 0 Å². The number of hydrogen-bond donors (Lipinski definition) is 2. The van der Waals surface area contributed by atoms with Gasteiger partial charge in [0, 0.05) is 30.4 Å². The van der Waals surface area contributed by atoms with E-state index >= 15 is 0 Å². The second-order valence-electron chi connectivity index (χ2n) is 5.05. The third kappa shape index (κ3) is 3.20. The summed E-state index contributed by atoms with van der Waals surface area (Å²) in [6.07, 6.45) is 1.71. The standard InChI is InChI=1S/C18H18N2O/c21-17(14-7-3-1-4-8-14)13-16-18(20-12-11-19-16)15-9-5-2-6-10-15/h1-10,13,18-20H,11-12H2/b16-13-. The Hall–Kier alpha value is -2.39. The first-order chi connectivity index (χ1) is 10.3. The molecule has 1 saturated heterocycles. The second kappa shape index (κ2) is 6.37. The van der Waals surface area contributed by atoms with E-state index < -0.39 is 0 Å². The number of benzene rings is 2. The Kier molecular flexibility index (Phi) is 4.12. The van der Waals surface area contributed by atoms with Gasteiger partial charge in [-0.2, -0.15) is 0 Å². The van der Waals surface area contributed by atoms with Crippen molar-refractivity contribution in [3.63, 3.8) is 0 Å². The Morgan fingerprint density at radius 1 is 0.952 bits per heavy atom. The van der Waals surface area contributed by atoms with Crippen molar-refractivity contribution in [2.24, 2.45) is 0 Å². The van der Waals surface area contributed by atoms with E-state index in [1.165, 1.54) is 0 Å². The van der Waals surface area contributed by atoms with Crippen LogP contribution in [0.5, 0.6) is 0 Å². The van der Waals surface area contributed by atoms with Crippen molar-refractivity contribution < 1.29 is 4.79 Å². The van der Waals surface area contributed by atoms with E-state index in [0.29, 0.717) is 5.56 Å². The number of nitrogens with one attached hydrogen (secondary N) is 2. The van der Waals surface area contributed by atoms with Crippen LogP contribution in [-0.4, -0.2) is 18.9 Å². The third-order valence-corrected chi connectivity index (χ3v) is 3.59. The molecule has 0 radical (unpaired) electrons. The third-order valence-electron chi connectivity index (χ3n) is 3.59. The predicted molar refractivity (Wildman–Crippen MR) is 84.0 cm³/mol. The van der Waals surface area contributed by atoms with Crippen LogP contribution >= 0.6 is 0 Å². The highest BCUT2D eigenvalue weighted by Crippen LogP contribution is 2.22. The van der Waals surface area contributed by atoms with E-state index in [2.05, 4.69) is 22.8 Å². The van der Waals surface area contributed by atoms with Crippen LogP contribution in [-0.2, 0) is 0 Å². The van der Waals surface area contributed by atoms with Crippen molar-refractivity contribution in [1.29, 1.82) is 0 Å². The zero-order valence-electron chi connectivity index (χ0n) is 11.8. The Morgan fingerprint density at radius 2 is 1.62 bits per heavy atom. The van der Waals surface area contributed by atoms with Gasteiger partial charge in [-0.25, -0.2) is 0 Å². The first-order valence-electron chi connectivity index (χ1n) is 7.18. The molecule has 0 saturated carbocycles. The zero-order valence-corrected chi connectivity index (χ0v) is 11.8. The summed E-state index contributed by atoms with van der Waals surface area (Å²) in [5, 5.41) is 6.81. The lowest BCUT2D eigenvalue weighted by atomic mass is 9.99. The molecule has 1 aliphatic heterocycles. The van der Waals surface area contributed by atoms with Gasteiger partial charge in [0.2, 0.25) is 0 Å². The van der Waals surface area contributed by atoms with Gasteiger partial charge in [-0.05, 0) is 5.56 Å². The van der Waals surface area contributed by atoms with E-state index in [1.807, 2.05) is 48.5 Å². The maximum Gasteiger partial charge on any atom is 0.187 e. The van der Waals surface area contributed by atoms with Crippen LogP contribution < -0.4 is 10.6 Å². The number of allylic oxidation sites excluding steroid dienone is 1. The molecule has 2 aromatic rings. The van der Waals surface area contributed by atoms with Crippen molar-refractivity contribution in [3.8, 4) is 0 Å². The monoisotopic (exact) mass is 278 g/mol. The Bertz CT molecular complexity index is 635. The molecule has 1 atom stereocenters. The van der Waals surface area contributed by atoms with Crippen molar-refractivity contribution in [1.82, 2.24) is 10.6 Å². The van der Waals surface area contributed by atoms with Crippen LogP contribution in [0.4, 0.5) is 0 Å². The molecule has 0 bridgehead atoms. The fraction of sp³-hybridized carbons (Fsp3) is 0.167.